The Kier molecular flexibility index (Phi) is 4.18. The van der Waals surface area contributed by atoms with E-state index in [0.717, 1.165) is 42.9 Å². The predicted octanol–water partition coefficient (Wildman–Crippen LogP) is 2.95. The largest absolute Gasteiger partial charge is 0.466 e. The number of hydrogen-bond donors (Lipinski definition) is 1. The third-order valence-electron chi connectivity index (χ3n) is 4.04. The lowest BCUT2D eigenvalue weighted by molar-refractivity contribution is -0.149. The number of esters is 1. The molecule has 1 heterocycles. The highest BCUT2D eigenvalue weighted by atomic mass is 16.7. The molecule has 0 radical (unpaired) electrons. The van der Waals surface area contributed by atoms with Crippen LogP contribution in [0.3, 0.4) is 0 Å². The molecule has 1 aliphatic carbocycles. The summed E-state index contributed by atoms with van der Waals surface area (Å²) in [5.41, 5.74) is 1.01. The third-order valence-corrected chi connectivity index (χ3v) is 4.04. The Labute approximate surface area is 124 Å². The van der Waals surface area contributed by atoms with Crippen molar-refractivity contribution in [2.45, 2.75) is 38.6 Å². The van der Waals surface area contributed by atoms with E-state index in [0.29, 0.717) is 12.6 Å². The van der Waals surface area contributed by atoms with E-state index in [2.05, 4.69) is 5.32 Å². The summed E-state index contributed by atoms with van der Waals surface area (Å²) in [6.07, 6.45) is 3.88. The molecule has 0 aromatic heterocycles. The summed E-state index contributed by atoms with van der Waals surface area (Å²) in [6, 6.07) is 6.15. The summed E-state index contributed by atoms with van der Waals surface area (Å²) in [7, 11) is 0. The number of carbonyl (C=O) groups is 1. The van der Waals surface area contributed by atoms with Crippen LogP contribution < -0.4 is 14.8 Å². The number of benzene rings is 1. The van der Waals surface area contributed by atoms with Crippen molar-refractivity contribution < 1.29 is 19.0 Å². The summed E-state index contributed by atoms with van der Waals surface area (Å²) in [5, 5.41) is 3.49. The number of nitrogens with one attached hydrogen (secondary N) is 1. The maximum absolute atomic E-state index is 11.9. The molecule has 1 aromatic rings. The van der Waals surface area contributed by atoms with Crippen LogP contribution in [0.4, 0.5) is 5.69 Å². The Hall–Kier alpha value is -1.91. The molecule has 0 spiro atoms. The second-order valence-electron chi connectivity index (χ2n) is 5.52. The van der Waals surface area contributed by atoms with Gasteiger partial charge in [0.2, 0.25) is 6.79 Å². The van der Waals surface area contributed by atoms with Gasteiger partial charge in [0.25, 0.3) is 0 Å². The molecule has 3 rings (SSSR count). The fourth-order valence-corrected chi connectivity index (χ4v) is 3.02. The van der Waals surface area contributed by atoms with Gasteiger partial charge in [-0.1, -0.05) is 6.42 Å². The second kappa shape index (κ2) is 6.24. The smallest absolute Gasteiger partial charge is 0.308 e. The molecule has 5 nitrogen and oxygen atoms in total. The molecule has 1 saturated carbocycles. The summed E-state index contributed by atoms with van der Waals surface area (Å²) < 4.78 is 15.8. The minimum atomic E-state index is -0.0605. The fraction of sp³-hybridized carbons (Fsp3) is 0.562. The van der Waals surface area contributed by atoms with Crippen LogP contribution in [-0.4, -0.2) is 25.4 Å². The number of anilines is 1. The van der Waals surface area contributed by atoms with Gasteiger partial charge >= 0.3 is 5.97 Å². The quantitative estimate of drug-likeness (QED) is 0.864. The van der Waals surface area contributed by atoms with E-state index in [4.69, 9.17) is 14.2 Å². The first kappa shape index (κ1) is 14.0. The molecule has 2 unspecified atom stereocenters. The molecule has 0 bridgehead atoms. The van der Waals surface area contributed by atoms with Gasteiger partial charge in [-0.3, -0.25) is 4.79 Å². The number of fused-ring (bicyclic) bond motifs is 1. The van der Waals surface area contributed by atoms with Gasteiger partial charge < -0.3 is 19.5 Å². The Morgan fingerprint density at radius 1 is 1.33 bits per heavy atom. The molecule has 21 heavy (non-hydrogen) atoms. The van der Waals surface area contributed by atoms with Gasteiger partial charge in [0.15, 0.2) is 11.5 Å². The Bertz CT molecular complexity index is 517. The van der Waals surface area contributed by atoms with Crippen LogP contribution in [0.25, 0.3) is 0 Å². The fourth-order valence-electron chi connectivity index (χ4n) is 3.02. The van der Waals surface area contributed by atoms with Crippen molar-refractivity contribution in [2.24, 2.45) is 5.92 Å². The normalized spacial score (nSPS) is 23.7. The van der Waals surface area contributed by atoms with Crippen LogP contribution in [0.2, 0.25) is 0 Å². The summed E-state index contributed by atoms with van der Waals surface area (Å²) >= 11 is 0. The monoisotopic (exact) mass is 291 g/mol. The third kappa shape index (κ3) is 3.23. The minimum Gasteiger partial charge on any atom is -0.466 e. The van der Waals surface area contributed by atoms with Gasteiger partial charge in [-0.15, -0.1) is 0 Å². The highest BCUT2D eigenvalue weighted by molar-refractivity contribution is 5.72. The zero-order valence-corrected chi connectivity index (χ0v) is 12.3. The molecule has 2 atom stereocenters. The topological polar surface area (TPSA) is 56.8 Å². The van der Waals surface area contributed by atoms with Gasteiger partial charge in [-0.25, -0.2) is 0 Å². The van der Waals surface area contributed by atoms with E-state index in [-0.39, 0.29) is 18.7 Å². The molecule has 2 aliphatic rings. The average molecular weight is 291 g/mol. The lowest BCUT2D eigenvalue weighted by Gasteiger charge is -2.29. The first-order valence-corrected chi connectivity index (χ1v) is 7.59. The predicted molar refractivity (Wildman–Crippen MR) is 78.6 cm³/mol. The first-order chi connectivity index (χ1) is 10.3. The number of hydrogen-bond acceptors (Lipinski definition) is 5. The van der Waals surface area contributed by atoms with Crippen LogP contribution in [0, 0.1) is 5.92 Å². The second-order valence-corrected chi connectivity index (χ2v) is 5.52. The highest BCUT2D eigenvalue weighted by Crippen LogP contribution is 2.35. The van der Waals surface area contributed by atoms with Crippen molar-refractivity contribution in [1.82, 2.24) is 0 Å². The van der Waals surface area contributed by atoms with E-state index in [9.17, 15) is 4.79 Å². The zero-order valence-electron chi connectivity index (χ0n) is 12.3. The Morgan fingerprint density at radius 3 is 3.05 bits per heavy atom. The molecule has 1 aliphatic heterocycles. The first-order valence-electron chi connectivity index (χ1n) is 7.59. The minimum absolute atomic E-state index is 0.0187. The van der Waals surface area contributed by atoms with E-state index in [1.165, 1.54) is 0 Å². The van der Waals surface area contributed by atoms with Crippen molar-refractivity contribution in [3.63, 3.8) is 0 Å². The van der Waals surface area contributed by atoms with Crippen LogP contribution in [-0.2, 0) is 9.53 Å². The summed E-state index contributed by atoms with van der Waals surface area (Å²) in [6.45, 7) is 2.59. The highest BCUT2D eigenvalue weighted by Gasteiger charge is 2.28. The van der Waals surface area contributed by atoms with Crippen molar-refractivity contribution in [3.05, 3.63) is 18.2 Å². The molecule has 0 saturated heterocycles. The van der Waals surface area contributed by atoms with Crippen molar-refractivity contribution in [3.8, 4) is 11.5 Å². The molecule has 1 aromatic carbocycles. The lowest BCUT2D eigenvalue weighted by atomic mass is 9.85. The number of rotatable bonds is 4. The van der Waals surface area contributed by atoms with Crippen molar-refractivity contribution in [1.29, 1.82) is 0 Å². The molecular formula is C16H21NO4. The number of carbonyl (C=O) groups excluding carboxylic acids is 1. The standard InChI is InChI=1S/C16H21NO4/c1-2-19-16(18)11-4-3-5-12(8-11)17-13-6-7-14-15(9-13)21-10-20-14/h6-7,9,11-12,17H,2-5,8,10H2,1H3. The van der Waals surface area contributed by atoms with Gasteiger partial charge in [0.05, 0.1) is 12.5 Å². The molecule has 5 heteroatoms. The van der Waals surface area contributed by atoms with Gasteiger partial charge in [0.1, 0.15) is 0 Å². The molecule has 0 amide bonds. The van der Waals surface area contributed by atoms with E-state index >= 15 is 0 Å². The van der Waals surface area contributed by atoms with Gasteiger partial charge in [-0.2, -0.15) is 0 Å². The summed E-state index contributed by atoms with van der Waals surface area (Å²) in [4.78, 5) is 11.9. The van der Waals surface area contributed by atoms with Crippen LogP contribution in [0.15, 0.2) is 18.2 Å². The van der Waals surface area contributed by atoms with Crippen molar-refractivity contribution >= 4 is 11.7 Å². The van der Waals surface area contributed by atoms with Crippen LogP contribution >= 0.6 is 0 Å². The van der Waals surface area contributed by atoms with E-state index in [1.54, 1.807) is 0 Å². The van der Waals surface area contributed by atoms with Gasteiger partial charge in [0, 0.05) is 17.8 Å². The van der Waals surface area contributed by atoms with E-state index < -0.39 is 0 Å². The van der Waals surface area contributed by atoms with Crippen molar-refractivity contribution in [2.75, 3.05) is 18.7 Å². The van der Waals surface area contributed by atoms with Crippen LogP contribution in [0.5, 0.6) is 11.5 Å². The number of ether oxygens (including phenoxy) is 3. The molecule has 114 valence electrons. The van der Waals surface area contributed by atoms with E-state index in [1.807, 2.05) is 25.1 Å². The molecule has 1 fully saturated rings. The SMILES string of the molecule is CCOC(=O)C1CCCC(Nc2ccc3c(c2)OCO3)C1. The zero-order chi connectivity index (χ0) is 14.7. The summed E-state index contributed by atoms with van der Waals surface area (Å²) in [5.74, 6) is 1.52. The van der Waals surface area contributed by atoms with Gasteiger partial charge in [-0.05, 0) is 38.3 Å². The Morgan fingerprint density at radius 2 is 2.19 bits per heavy atom. The maximum atomic E-state index is 11.9. The van der Waals surface area contributed by atoms with Crippen LogP contribution in [0.1, 0.15) is 32.6 Å². The Balaban J connectivity index is 1.61. The maximum Gasteiger partial charge on any atom is 0.308 e. The lowest BCUT2D eigenvalue weighted by Crippen LogP contribution is -2.32. The molecular weight excluding hydrogens is 270 g/mol. The molecule has 1 N–H and O–H groups in total. The average Bonchev–Trinajstić information content (AvgIpc) is 2.95.